The van der Waals surface area contributed by atoms with E-state index in [9.17, 15) is 0 Å². The molecule has 0 spiro atoms. The van der Waals surface area contributed by atoms with E-state index in [4.69, 9.17) is 5.10 Å². The van der Waals surface area contributed by atoms with Crippen molar-refractivity contribution in [3.05, 3.63) is 18.0 Å². The van der Waals surface area contributed by atoms with E-state index in [1.807, 2.05) is 4.52 Å². The number of nitrogens with one attached hydrogen (secondary N) is 1. The van der Waals surface area contributed by atoms with Crippen molar-refractivity contribution >= 4 is 11.5 Å². The van der Waals surface area contributed by atoms with E-state index in [1.54, 1.807) is 0 Å². The van der Waals surface area contributed by atoms with Gasteiger partial charge in [-0.25, -0.2) is 0 Å². The summed E-state index contributed by atoms with van der Waals surface area (Å²) in [6.07, 6.45) is 7.90. The van der Waals surface area contributed by atoms with Crippen LogP contribution in [0.1, 0.15) is 50.3 Å². The molecule has 0 amide bonds. The Morgan fingerprint density at radius 2 is 1.87 bits per heavy atom. The maximum atomic E-state index is 4.81. The molecule has 0 bridgehead atoms. The van der Waals surface area contributed by atoms with Gasteiger partial charge in [0, 0.05) is 37.5 Å². The average molecular weight is 312 g/mol. The Morgan fingerprint density at radius 1 is 1.04 bits per heavy atom. The molecule has 2 saturated carbocycles. The van der Waals surface area contributed by atoms with Crippen molar-refractivity contribution in [1.29, 1.82) is 0 Å². The molecule has 2 aliphatic carbocycles. The number of aromatic nitrogens is 4. The van der Waals surface area contributed by atoms with Crippen molar-refractivity contribution in [1.82, 2.24) is 25.1 Å². The molecule has 2 aromatic rings. The minimum atomic E-state index is 0.559. The van der Waals surface area contributed by atoms with Gasteiger partial charge in [-0.3, -0.25) is 0 Å². The lowest BCUT2D eigenvalue weighted by atomic mass is 9.85. The molecule has 0 radical (unpaired) electrons. The summed E-state index contributed by atoms with van der Waals surface area (Å²) in [4.78, 5) is 2.37. The van der Waals surface area contributed by atoms with Gasteiger partial charge >= 0.3 is 0 Å². The van der Waals surface area contributed by atoms with Crippen LogP contribution in [0.3, 0.4) is 0 Å². The van der Waals surface area contributed by atoms with Gasteiger partial charge in [0.2, 0.25) is 0 Å². The summed E-state index contributed by atoms with van der Waals surface area (Å²) in [5.41, 5.74) is 0.874. The van der Waals surface area contributed by atoms with E-state index in [1.165, 1.54) is 38.5 Å². The van der Waals surface area contributed by atoms with Crippen molar-refractivity contribution in [2.24, 2.45) is 5.92 Å². The van der Waals surface area contributed by atoms with Crippen LogP contribution in [-0.2, 0) is 0 Å². The predicted molar refractivity (Wildman–Crippen MR) is 88.7 cm³/mol. The number of anilines is 1. The van der Waals surface area contributed by atoms with E-state index >= 15 is 0 Å². The third kappa shape index (κ3) is 2.40. The molecule has 0 atom stereocenters. The van der Waals surface area contributed by atoms with Crippen LogP contribution in [0.25, 0.3) is 5.65 Å². The van der Waals surface area contributed by atoms with Crippen molar-refractivity contribution in [2.75, 3.05) is 24.5 Å². The first-order valence-electron chi connectivity index (χ1n) is 9.07. The van der Waals surface area contributed by atoms with Crippen LogP contribution in [0.4, 0.5) is 5.82 Å². The van der Waals surface area contributed by atoms with E-state index in [0.29, 0.717) is 5.92 Å². The first-order chi connectivity index (χ1) is 11.4. The van der Waals surface area contributed by atoms with Gasteiger partial charge in [0.15, 0.2) is 11.5 Å². The topological polar surface area (TPSA) is 58.4 Å². The van der Waals surface area contributed by atoms with Gasteiger partial charge < -0.3 is 10.2 Å². The van der Waals surface area contributed by atoms with Crippen molar-refractivity contribution in [2.45, 2.75) is 50.5 Å². The molecule has 1 N–H and O–H groups in total. The summed E-state index contributed by atoms with van der Waals surface area (Å²) in [6, 6.07) is 4.93. The molecule has 5 rings (SSSR count). The summed E-state index contributed by atoms with van der Waals surface area (Å²) in [5, 5.41) is 17.1. The Kier molecular flexibility index (Phi) is 3.25. The molecular weight excluding hydrogens is 288 g/mol. The zero-order valence-electron chi connectivity index (χ0n) is 13.5. The summed E-state index contributed by atoms with van der Waals surface area (Å²) >= 11 is 0. The Morgan fingerprint density at radius 3 is 2.57 bits per heavy atom. The molecule has 6 nitrogen and oxygen atoms in total. The lowest BCUT2D eigenvalue weighted by molar-refractivity contribution is 0.294. The van der Waals surface area contributed by atoms with Gasteiger partial charge in [-0.2, -0.15) is 4.52 Å². The Balaban J connectivity index is 1.26. The Labute approximate surface area is 136 Å². The fourth-order valence-electron chi connectivity index (χ4n) is 3.72. The highest BCUT2D eigenvalue weighted by atomic mass is 15.4. The monoisotopic (exact) mass is 312 g/mol. The third-order valence-corrected chi connectivity index (χ3v) is 5.82. The zero-order chi connectivity index (χ0) is 15.2. The number of rotatable bonds is 5. The standard InChI is InChI=1S/C17H24N6/c1-3-13(4-1)17-20-19-15-7-8-16(21-23(15)17)22-10-12(11-22)9-18-14-5-2-6-14/h7-8,12-14,18H,1-6,9-11H2. The first-order valence-corrected chi connectivity index (χ1v) is 9.07. The van der Waals surface area contributed by atoms with Crippen LogP contribution in [0.15, 0.2) is 12.1 Å². The molecule has 23 heavy (non-hydrogen) atoms. The maximum Gasteiger partial charge on any atom is 0.178 e. The quantitative estimate of drug-likeness (QED) is 0.915. The highest BCUT2D eigenvalue weighted by Gasteiger charge is 2.30. The summed E-state index contributed by atoms with van der Waals surface area (Å²) in [7, 11) is 0. The van der Waals surface area contributed by atoms with Crippen LogP contribution < -0.4 is 10.2 Å². The van der Waals surface area contributed by atoms with Gasteiger partial charge in [-0.05, 0) is 37.8 Å². The van der Waals surface area contributed by atoms with Crippen LogP contribution in [-0.4, -0.2) is 45.5 Å². The van der Waals surface area contributed by atoms with Crippen LogP contribution >= 0.6 is 0 Å². The normalized spacial score (nSPS) is 22.9. The van der Waals surface area contributed by atoms with Gasteiger partial charge in [-0.15, -0.1) is 15.3 Å². The van der Waals surface area contributed by atoms with Crippen molar-refractivity contribution < 1.29 is 0 Å². The van der Waals surface area contributed by atoms with E-state index in [2.05, 4.69) is 32.5 Å². The van der Waals surface area contributed by atoms with Gasteiger partial charge in [-0.1, -0.05) is 12.8 Å². The van der Waals surface area contributed by atoms with E-state index in [-0.39, 0.29) is 0 Å². The molecule has 2 aromatic heterocycles. The average Bonchev–Trinajstić information content (AvgIpc) is 2.80. The number of hydrogen-bond acceptors (Lipinski definition) is 5. The Bertz CT molecular complexity index is 696. The number of hydrogen-bond donors (Lipinski definition) is 1. The second kappa shape index (κ2) is 5.44. The van der Waals surface area contributed by atoms with Crippen molar-refractivity contribution in [3.8, 4) is 0 Å². The fourth-order valence-corrected chi connectivity index (χ4v) is 3.72. The molecule has 3 heterocycles. The second-order valence-corrected chi connectivity index (χ2v) is 7.45. The highest BCUT2D eigenvalue weighted by Crippen LogP contribution is 2.35. The molecule has 6 heteroatoms. The van der Waals surface area contributed by atoms with Crippen molar-refractivity contribution in [3.63, 3.8) is 0 Å². The zero-order valence-corrected chi connectivity index (χ0v) is 13.5. The summed E-state index contributed by atoms with van der Waals surface area (Å²) in [5.74, 6) is 3.44. The lowest BCUT2D eigenvalue weighted by Gasteiger charge is -2.41. The number of nitrogens with zero attached hydrogens (tertiary/aromatic N) is 5. The predicted octanol–water partition coefficient (Wildman–Crippen LogP) is 1.97. The molecule has 3 aliphatic rings. The molecule has 0 unspecified atom stereocenters. The number of fused-ring (bicyclic) bond motifs is 1. The third-order valence-electron chi connectivity index (χ3n) is 5.82. The minimum Gasteiger partial charge on any atom is -0.354 e. The highest BCUT2D eigenvalue weighted by molar-refractivity contribution is 5.47. The Hall–Kier alpha value is -1.69. The van der Waals surface area contributed by atoms with Crippen LogP contribution in [0.2, 0.25) is 0 Å². The molecule has 0 aromatic carbocycles. The minimum absolute atomic E-state index is 0.559. The molecule has 1 saturated heterocycles. The summed E-state index contributed by atoms with van der Waals surface area (Å²) < 4.78 is 1.97. The van der Waals surface area contributed by atoms with Crippen LogP contribution in [0.5, 0.6) is 0 Å². The molecule has 122 valence electrons. The molecular formula is C17H24N6. The van der Waals surface area contributed by atoms with Gasteiger partial charge in [0.1, 0.15) is 5.82 Å². The fraction of sp³-hybridized carbons (Fsp3) is 0.706. The lowest BCUT2D eigenvalue weighted by Crippen LogP contribution is -2.53. The summed E-state index contributed by atoms with van der Waals surface area (Å²) in [6.45, 7) is 3.38. The second-order valence-electron chi connectivity index (χ2n) is 7.45. The smallest absolute Gasteiger partial charge is 0.178 e. The molecule has 3 fully saturated rings. The molecule has 1 aliphatic heterocycles. The largest absolute Gasteiger partial charge is 0.354 e. The van der Waals surface area contributed by atoms with Gasteiger partial charge in [0.25, 0.3) is 0 Å². The van der Waals surface area contributed by atoms with Crippen LogP contribution in [0, 0.1) is 5.92 Å². The SMILES string of the molecule is c1cc2nnc(C3CCC3)n2nc1N1CC(CNC2CCC2)C1. The first kappa shape index (κ1) is 13.7. The van der Waals surface area contributed by atoms with E-state index in [0.717, 1.165) is 48.9 Å². The maximum absolute atomic E-state index is 4.81. The van der Waals surface area contributed by atoms with Gasteiger partial charge in [0.05, 0.1) is 0 Å². The van der Waals surface area contributed by atoms with E-state index < -0.39 is 0 Å².